The maximum absolute atomic E-state index is 12.7. The molecule has 2 aromatic carbocycles. The summed E-state index contributed by atoms with van der Waals surface area (Å²) >= 11 is 1.62. The lowest BCUT2D eigenvalue weighted by molar-refractivity contribution is 0.102. The van der Waals surface area contributed by atoms with E-state index in [1.807, 2.05) is 60.0 Å². The van der Waals surface area contributed by atoms with Crippen molar-refractivity contribution in [1.29, 1.82) is 0 Å². The third-order valence-electron chi connectivity index (χ3n) is 4.68. The van der Waals surface area contributed by atoms with Crippen molar-refractivity contribution in [2.75, 3.05) is 12.4 Å². The standard InChI is InChI=1S/C22H17N5O2S/c1-29-15-5-2-4-13(10-15)17-12-19(27-26-17)22(28)23-14-7-8-16-18(11-14)25-21(24-16)20-6-3-9-30-20/h2-12H,1H3,(H,23,28)(H,24,25)(H,26,27). The van der Waals surface area contributed by atoms with E-state index in [4.69, 9.17) is 4.74 Å². The summed E-state index contributed by atoms with van der Waals surface area (Å²) in [6.45, 7) is 0. The number of imidazole rings is 1. The van der Waals surface area contributed by atoms with Gasteiger partial charge in [0.1, 0.15) is 17.3 Å². The van der Waals surface area contributed by atoms with Crippen molar-refractivity contribution in [1.82, 2.24) is 20.2 Å². The summed E-state index contributed by atoms with van der Waals surface area (Å²) in [6, 6.07) is 18.8. The largest absolute Gasteiger partial charge is 0.497 e. The van der Waals surface area contributed by atoms with Crippen LogP contribution in [0.5, 0.6) is 5.75 Å². The second kappa shape index (κ2) is 7.49. The van der Waals surface area contributed by atoms with Crippen LogP contribution < -0.4 is 10.1 Å². The Morgan fingerprint density at radius 1 is 1.10 bits per heavy atom. The maximum Gasteiger partial charge on any atom is 0.273 e. The Hall–Kier alpha value is -3.91. The number of ether oxygens (including phenoxy) is 1. The number of nitrogens with zero attached hydrogens (tertiary/aromatic N) is 2. The molecular weight excluding hydrogens is 398 g/mol. The smallest absolute Gasteiger partial charge is 0.273 e. The molecule has 0 radical (unpaired) electrons. The molecule has 8 heteroatoms. The number of rotatable bonds is 5. The summed E-state index contributed by atoms with van der Waals surface area (Å²) in [4.78, 5) is 21.7. The van der Waals surface area contributed by atoms with Gasteiger partial charge in [0.2, 0.25) is 0 Å². The number of hydrogen-bond acceptors (Lipinski definition) is 5. The summed E-state index contributed by atoms with van der Waals surface area (Å²) in [5.41, 5.74) is 4.28. The Morgan fingerprint density at radius 3 is 2.87 bits per heavy atom. The molecule has 30 heavy (non-hydrogen) atoms. The van der Waals surface area contributed by atoms with Gasteiger partial charge in [0.15, 0.2) is 0 Å². The second-order valence-corrected chi connectivity index (χ2v) is 7.60. The summed E-state index contributed by atoms with van der Waals surface area (Å²) in [6.07, 6.45) is 0. The average Bonchev–Trinajstić information content (AvgIpc) is 3.53. The summed E-state index contributed by atoms with van der Waals surface area (Å²) in [7, 11) is 1.61. The van der Waals surface area contributed by atoms with E-state index in [-0.39, 0.29) is 5.91 Å². The number of hydrogen-bond donors (Lipinski definition) is 3. The summed E-state index contributed by atoms with van der Waals surface area (Å²) in [5.74, 6) is 1.28. The lowest BCUT2D eigenvalue weighted by Gasteiger charge is -2.03. The molecule has 0 spiro atoms. The fourth-order valence-electron chi connectivity index (χ4n) is 3.18. The number of aromatic nitrogens is 4. The average molecular weight is 415 g/mol. The molecule has 0 aliphatic carbocycles. The molecule has 148 valence electrons. The first-order valence-electron chi connectivity index (χ1n) is 9.24. The molecule has 3 N–H and O–H groups in total. The van der Waals surface area contributed by atoms with E-state index >= 15 is 0 Å². The zero-order valence-electron chi connectivity index (χ0n) is 16.0. The number of anilines is 1. The lowest BCUT2D eigenvalue weighted by atomic mass is 10.1. The topological polar surface area (TPSA) is 95.7 Å². The van der Waals surface area contributed by atoms with Crippen molar-refractivity contribution in [2.45, 2.75) is 0 Å². The minimum Gasteiger partial charge on any atom is -0.497 e. The van der Waals surface area contributed by atoms with E-state index in [2.05, 4.69) is 25.5 Å². The van der Waals surface area contributed by atoms with E-state index in [0.29, 0.717) is 17.1 Å². The van der Waals surface area contributed by atoms with Gasteiger partial charge >= 0.3 is 0 Å². The van der Waals surface area contributed by atoms with E-state index in [1.54, 1.807) is 24.5 Å². The maximum atomic E-state index is 12.7. The monoisotopic (exact) mass is 415 g/mol. The van der Waals surface area contributed by atoms with Gasteiger partial charge in [-0.25, -0.2) is 4.98 Å². The van der Waals surface area contributed by atoms with Crippen molar-refractivity contribution in [3.8, 4) is 27.7 Å². The van der Waals surface area contributed by atoms with Crippen molar-refractivity contribution in [3.63, 3.8) is 0 Å². The van der Waals surface area contributed by atoms with Gasteiger partial charge in [0, 0.05) is 11.3 Å². The molecule has 0 aliphatic rings. The second-order valence-electron chi connectivity index (χ2n) is 6.65. The molecule has 7 nitrogen and oxygen atoms in total. The molecule has 3 aromatic heterocycles. The van der Waals surface area contributed by atoms with Gasteiger partial charge in [-0.15, -0.1) is 11.3 Å². The quantitative estimate of drug-likeness (QED) is 0.379. The number of aromatic amines is 2. The third kappa shape index (κ3) is 3.44. The van der Waals surface area contributed by atoms with E-state index < -0.39 is 0 Å². The van der Waals surface area contributed by atoms with E-state index in [1.165, 1.54) is 0 Å². The molecular formula is C22H17N5O2S. The number of thiophene rings is 1. The molecule has 3 heterocycles. The van der Waals surface area contributed by atoms with E-state index in [0.717, 1.165) is 33.0 Å². The number of H-pyrrole nitrogens is 2. The van der Waals surface area contributed by atoms with Crippen LogP contribution in [-0.2, 0) is 0 Å². The lowest BCUT2D eigenvalue weighted by Crippen LogP contribution is -2.12. The Balaban J connectivity index is 1.36. The first kappa shape index (κ1) is 18.1. The van der Waals surface area contributed by atoms with Crippen LogP contribution in [0.4, 0.5) is 5.69 Å². The SMILES string of the molecule is COc1cccc(-c2cc(C(=O)Nc3ccc4nc(-c5cccs5)[nH]c4c3)[nH]n2)c1. The molecule has 5 aromatic rings. The Kier molecular flexibility index (Phi) is 4.53. The van der Waals surface area contributed by atoms with E-state index in [9.17, 15) is 4.79 Å². The number of benzene rings is 2. The third-order valence-corrected chi connectivity index (χ3v) is 5.56. The van der Waals surface area contributed by atoms with Crippen LogP contribution in [0.15, 0.2) is 66.0 Å². The Labute approximate surface area is 175 Å². The van der Waals surface area contributed by atoms with Gasteiger partial charge in [-0.1, -0.05) is 18.2 Å². The number of methoxy groups -OCH3 is 1. The van der Waals surface area contributed by atoms with Crippen molar-refractivity contribution < 1.29 is 9.53 Å². The van der Waals surface area contributed by atoms with Crippen molar-refractivity contribution in [2.24, 2.45) is 0 Å². The predicted octanol–water partition coefficient (Wildman–Crippen LogP) is 4.94. The Bertz CT molecular complexity index is 1340. The van der Waals surface area contributed by atoms with Gasteiger partial charge < -0.3 is 15.0 Å². The van der Waals surface area contributed by atoms with Gasteiger partial charge in [-0.2, -0.15) is 5.10 Å². The summed E-state index contributed by atoms with van der Waals surface area (Å²) < 4.78 is 5.25. The van der Waals surface area contributed by atoms with Gasteiger partial charge in [0.25, 0.3) is 5.91 Å². The first-order chi connectivity index (χ1) is 14.7. The van der Waals surface area contributed by atoms with Gasteiger partial charge in [-0.05, 0) is 47.8 Å². The molecule has 0 aliphatic heterocycles. The molecule has 0 fully saturated rings. The zero-order valence-corrected chi connectivity index (χ0v) is 16.8. The molecule has 0 unspecified atom stereocenters. The molecule has 1 amide bonds. The first-order valence-corrected chi connectivity index (χ1v) is 10.1. The van der Waals surface area contributed by atoms with Crippen LogP contribution in [0, 0.1) is 0 Å². The van der Waals surface area contributed by atoms with Crippen LogP contribution in [-0.4, -0.2) is 33.2 Å². The highest BCUT2D eigenvalue weighted by Gasteiger charge is 2.13. The van der Waals surface area contributed by atoms with Crippen LogP contribution in [0.25, 0.3) is 33.0 Å². The van der Waals surface area contributed by atoms with Crippen molar-refractivity contribution in [3.05, 3.63) is 71.7 Å². The highest BCUT2D eigenvalue weighted by atomic mass is 32.1. The fourth-order valence-corrected chi connectivity index (χ4v) is 3.85. The molecule has 0 bridgehead atoms. The minimum atomic E-state index is -0.269. The molecule has 5 rings (SSSR count). The fraction of sp³-hybridized carbons (Fsp3) is 0.0455. The van der Waals surface area contributed by atoms with Crippen LogP contribution >= 0.6 is 11.3 Å². The Morgan fingerprint density at radius 2 is 2.03 bits per heavy atom. The highest BCUT2D eigenvalue weighted by molar-refractivity contribution is 7.13. The molecule has 0 saturated carbocycles. The number of nitrogens with one attached hydrogen (secondary N) is 3. The normalized spacial score (nSPS) is 11.0. The minimum absolute atomic E-state index is 0.269. The highest BCUT2D eigenvalue weighted by Crippen LogP contribution is 2.26. The number of fused-ring (bicyclic) bond motifs is 1. The van der Waals surface area contributed by atoms with Crippen molar-refractivity contribution >= 4 is 34.0 Å². The zero-order chi connectivity index (χ0) is 20.5. The van der Waals surface area contributed by atoms with Crippen LogP contribution in [0.2, 0.25) is 0 Å². The molecule has 0 atom stereocenters. The number of carbonyl (C=O) groups is 1. The van der Waals surface area contributed by atoms with Crippen LogP contribution in [0.3, 0.4) is 0 Å². The molecule has 0 saturated heterocycles. The summed E-state index contributed by atoms with van der Waals surface area (Å²) in [5, 5.41) is 12.0. The van der Waals surface area contributed by atoms with Crippen LogP contribution in [0.1, 0.15) is 10.5 Å². The van der Waals surface area contributed by atoms with Gasteiger partial charge in [-0.3, -0.25) is 9.89 Å². The van der Waals surface area contributed by atoms with Gasteiger partial charge in [0.05, 0.1) is 28.7 Å². The number of carbonyl (C=O) groups excluding carboxylic acids is 1. The number of amides is 1. The predicted molar refractivity (Wildman–Crippen MR) is 118 cm³/mol.